The number of aliphatic hydroxyl groups is 1. The highest BCUT2D eigenvalue weighted by molar-refractivity contribution is 5.77. The van der Waals surface area contributed by atoms with Crippen molar-refractivity contribution in [3.63, 3.8) is 0 Å². The molecule has 2 N–H and O–H groups in total. The van der Waals surface area contributed by atoms with Gasteiger partial charge in [0.2, 0.25) is 5.91 Å². The predicted molar refractivity (Wildman–Crippen MR) is 82.8 cm³/mol. The number of hydrogen-bond donors (Lipinski definition) is 2. The molecule has 0 spiro atoms. The summed E-state index contributed by atoms with van der Waals surface area (Å²) in [6, 6.07) is 7.79. The lowest BCUT2D eigenvalue weighted by Crippen LogP contribution is -2.34. The van der Waals surface area contributed by atoms with Crippen LogP contribution in [0.3, 0.4) is 0 Å². The lowest BCUT2D eigenvalue weighted by molar-refractivity contribution is -0.123. The Balaban J connectivity index is 1.59. The van der Waals surface area contributed by atoms with Gasteiger partial charge in [0.1, 0.15) is 0 Å². The van der Waals surface area contributed by atoms with Crippen molar-refractivity contribution in [2.24, 2.45) is 5.92 Å². The molecule has 21 heavy (non-hydrogen) atoms. The zero-order valence-electron chi connectivity index (χ0n) is 12.6. The van der Waals surface area contributed by atoms with E-state index in [0.717, 1.165) is 11.1 Å². The first-order valence-electron chi connectivity index (χ1n) is 8.29. The molecular weight excluding hydrogens is 262 g/mol. The van der Waals surface area contributed by atoms with Crippen LogP contribution >= 0.6 is 0 Å². The Morgan fingerprint density at radius 3 is 2.62 bits per heavy atom. The number of aliphatic hydroxyl groups excluding tert-OH is 1. The number of carbonyl (C=O) groups is 1. The Morgan fingerprint density at radius 2 is 1.86 bits per heavy atom. The van der Waals surface area contributed by atoms with Crippen LogP contribution in [0.4, 0.5) is 0 Å². The molecule has 3 nitrogen and oxygen atoms in total. The third-order valence-electron chi connectivity index (χ3n) is 4.97. The van der Waals surface area contributed by atoms with E-state index < -0.39 is 6.10 Å². The van der Waals surface area contributed by atoms with E-state index in [1.54, 1.807) is 0 Å². The SMILES string of the molecule is O=C(CC1CCCCCC1)NC1c2ccccc2CC1O. The van der Waals surface area contributed by atoms with Crippen LogP contribution in [-0.2, 0) is 11.2 Å². The molecule has 3 rings (SSSR count). The third kappa shape index (κ3) is 3.46. The standard InChI is InChI=1S/C18H25NO2/c20-16-12-14-9-5-6-10-15(14)18(16)19-17(21)11-13-7-3-1-2-4-8-13/h5-6,9-10,13,16,18,20H,1-4,7-8,11-12H2,(H,19,21). The second kappa shape index (κ2) is 6.61. The van der Waals surface area contributed by atoms with Crippen LogP contribution in [0.2, 0.25) is 0 Å². The van der Waals surface area contributed by atoms with E-state index >= 15 is 0 Å². The summed E-state index contributed by atoms with van der Waals surface area (Å²) in [5, 5.41) is 13.3. The Labute approximate surface area is 126 Å². The Kier molecular flexibility index (Phi) is 4.59. The lowest BCUT2D eigenvalue weighted by atomic mass is 9.96. The number of carbonyl (C=O) groups excluding carboxylic acids is 1. The fourth-order valence-electron chi connectivity index (χ4n) is 3.81. The van der Waals surface area contributed by atoms with Crippen molar-refractivity contribution < 1.29 is 9.90 Å². The van der Waals surface area contributed by atoms with Crippen LogP contribution in [0.15, 0.2) is 24.3 Å². The maximum Gasteiger partial charge on any atom is 0.220 e. The molecule has 0 aromatic heterocycles. The first-order valence-corrected chi connectivity index (χ1v) is 8.29. The fourth-order valence-corrected chi connectivity index (χ4v) is 3.81. The van der Waals surface area contributed by atoms with Gasteiger partial charge < -0.3 is 10.4 Å². The highest BCUT2D eigenvalue weighted by atomic mass is 16.3. The van der Waals surface area contributed by atoms with Gasteiger partial charge in [-0.1, -0.05) is 49.9 Å². The molecule has 114 valence electrons. The zero-order chi connectivity index (χ0) is 14.7. The highest BCUT2D eigenvalue weighted by Crippen LogP contribution is 2.32. The minimum atomic E-state index is -0.486. The van der Waals surface area contributed by atoms with Gasteiger partial charge in [-0.25, -0.2) is 0 Å². The Morgan fingerprint density at radius 1 is 1.14 bits per heavy atom. The first-order chi connectivity index (χ1) is 10.2. The van der Waals surface area contributed by atoms with Gasteiger partial charge in [0.15, 0.2) is 0 Å². The van der Waals surface area contributed by atoms with Gasteiger partial charge in [0.25, 0.3) is 0 Å². The molecule has 1 saturated carbocycles. The molecule has 2 aliphatic carbocycles. The van der Waals surface area contributed by atoms with E-state index in [0.29, 0.717) is 18.8 Å². The van der Waals surface area contributed by atoms with Gasteiger partial charge in [0.05, 0.1) is 12.1 Å². The molecular formula is C18H25NO2. The van der Waals surface area contributed by atoms with E-state index in [4.69, 9.17) is 0 Å². The second-order valence-corrected chi connectivity index (χ2v) is 6.58. The molecule has 0 aliphatic heterocycles. The van der Waals surface area contributed by atoms with Gasteiger partial charge in [0, 0.05) is 12.8 Å². The van der Waals surface area contributed by atoms with Crippen molar-refractivity contribution in [3.8, 4) is 0 Å². The Hall–Kier alpha value is -1.35. The molecule has 0 heterocycles. The van der Waals surface area contributed by atoms with E-state index in [1.807, 2.05) is 24.3 Å². The fraction of sp³-hybridized carbons (Fsp3) is 0.611. The van der Waals surface area contributed by atoms with Crippen LogP contribution in [0.1, 0.15) is 62.1 Å². The summed E-state index contributed by atoms with van der Waals surface area (Å²) in [7, 11) is 0. The van der Waals surface area contributed by atoms with Crippen molar-refractivity contribution in [1.29, 1.82) is 0 Å². The molecule has 3 heteroatoms. The molecule has 0 saturated heterocycles. The summed E-state index contributed by atoms with van der Waals surface area (Å²) in [6.45, 7) is 0. The van der Waals surface area contributed by atoms with Crippen molar-refractivity contribution in [3.05, 3.63) is 35.4 Å². The topological polar surface area (TPSA) is 49.3 Å². The molecule has 1 amide bonds. The second-order valence-electron chi connectivity index (χ2n) is 6.58. The summed E-state index contributed by atoms with van der Waals surface area (Å²) in [4.78, 5) is 12.3. The van der Waals surface area contributed by atoms with Gasteiger partial charge in [-0.15, -0.1) is 0 Å². The smallest absolute Gasteiger partial charge is 0.220 e. The third-order valence-corrected chi connectivity index (χ3v) is 4.97. The molecule has 1 fully saturated rings. The van der Waals surface area contributed by atoms with Crippen molar-refractivity contribution in [1.82, 2.24) is 5.32 Å². The largest absolute Gasteiger partial charge is 0.390 e. The van der Waals surface area contributed by atoms with Crippen molar-refractivity contribution in [2.45, 2.75) is 63.5 Å². The van der Waals surface area contributed by atoms with Gasteiger partial charge in [-0.3, -0.25) is 4.79 Å². The summed E-state index contributed by atoms with van der Waals surface area (Å²) < 4.78 is 0. The highest BCUT2D eigenvalue weighted by Gasteiger charge is 2.32. The average Bonchev–Trinajstić information content (AvgIpc) is 2.66. The molecule has 1 aromatic rings. The quantitative estimate of drug-likeness (QED) is 0.839. The zero-order valence-corrected chi connectivity index (χ0v) is 12.6. The maximum atomic E-state index is 12.3. The van der Waals surface area contributed by atoms with E-state index in [-0.39, 0.29) is 11.9 Å². The maximum absolute atomic E-state index is 12.3. The summed E-state index contributed by atoms with van der Waals surface area (Å²) in [6.07, 6.45) is 8.27. The van der Waals surface area contributed by atoms with Crippen LogP contribution in [-0.4, -0.2) is 17.1 Å². The lowest BCUT2D eigenvalue weighted by Gasteiger charge is -2.20. The van der Waals surface area contributed by atoms with Crippen LogP contribution in [0, 0.1) is 5.92 Å². The number of amides is 1. The summed E-state index contributed by atoms with van der Waals surface area (Å²) in [5.41, 5.74) is 2.24. The minimum absolute atomic E-state index is 0.0997. The first kappa shape index (κ1) is 14.6. The van der Waals surface area contributed by atoms with Crippen LogP contribution in [0.5, 0.6) is 0 Å². The number of benzene rings is 1. The van der Waals surface area contributed by atoms with Crippen LogP contribution < -0.4 is 5.32 Å². The van der Waals surface area contributed by atoms with Gasteiger partial charge >= 0.3 is 0 Å². The summed E-state index contributed by atoms with van der Waals surface area (Å²) in [5.74, 6) is 0.629. The minimum Gasteiger partial charge on any atom is -0.390 e. The van der Waals surface area contributed by atoms with Crippen molar-refractivity contribution >= 4 is 5.91 Å². The van der Waals surface area contributed by atoms with E-state index in [9.17, 15) is 9.90 Å². The molecule has 0 bridgehead atoms. The Bertz CT molecular complexity index is 492. The number of hydrogen-bond acceptors (Lipinski definition) is 2. The number of nitrogens with one attached hydrogen (secondary N) is 1. The molecule has 2 unspecified atom stereocenters. The number of rotatable bonds is 3. The molecule has 2 aliphatic rings. The van der Waals surface area contributed by atoms with E-state index in [2.05, 4.69) is 5.32 Å². The monoisotopic (exact) mass is 287 g/mol. The molecule has 1 aromatic carbocycles. The average molecular weight is 287 g/mol. The van der Waals surface area contributed by atoms with Gasteiger partial charge in [-0.05, 0) is 29.9 Å². The predicted octanol–water partition coefficient (Wildman–Crippen LogP) is 3.12. The number of fused-ring (bicyclic) bond motifs is 1. The normalized spacial score (nSPS) is 26.1. The summed E-state index contributed by atoms with van der Waals surface area (Å²) >= 11 is 0. The van der Waals surface area contributed by atoms with E-state index in [1.165, 1.54) is 38.5 Å². The van der Waals surface area contributed by atoms with Gasteiger partial charge in [-0.2, -0.15) is 0 Å². The molecule has 2 atom stereocenters. The van der Waals surface area contributed by atoms with Crippen molar-refractivity contribution in [2.75, 3.05) is 0 Å². The molecule has 0 radical (unpaired) electrons. The van der Waals surface area contributed by atoms with Crippen LogP contribution in [0.25, 0.3) is 0 Å².